The molecule has 134 valence electrons. The van der Waals surface area contributed by atoms with E-state index in [-0.39, 0.29) is 17.3 Å². The van der Waals surface area contributed by atoms with Crippen LogP contribution >= 0.6 is 23.2 Å². The van der Waals surface area contributed by atoms with Crippen molar-refractivity contribution in [1.82, 2.24) is 4.90 Å². The summed E-state index contributed by atoms with van der Waals surface area (Å²) >= 11 is 12.0. The lowest BCUT2D eigenvalue weighted by Gasteiger charge is -2.17. The van der Waals surface area contributed by atoms with E-state index in [1.807, 2.05) is 0 Å². The number of nitrogens with one attached hydrogen (secondary N) is 1. The topological polar surface area (TPSA) is 92.5 Å². The Hall–Kier alpha value is -1.64. The van der Waals surface area contributed by atoms with Gasteiger partial charge in [-0.15, -0.1) is 0 Å². The minimum Gasteiger partial charge on any atom is -0.325 e. The van der Waals surface area contributed by atoms with Gasteiger partial charge in [0.05, 0.1) is 11.4 Å². The molecule has 2 aromatic carbocycles. The summed E-state index contributed by atoms with van der Waals surface area (Å²) in [6, 6.07) is 10.9. The zero-order valence-corrected chi connectivity index (χ0v) is 15.7. The lowest BCUT2D eigenvalue weighted by atomic mass is 10.2. The van der Waals surface area contributed by atoms with Crippen LogP contribution < -0.4 is 10.5 Å². The largest absolute Gasteiger partial charge is 0.325 e. The van der Waals surface area contributed by atoms with E-state index < -0.39 is 10.0 Å². The third-order valence-corrected chi connectivity index (χ3v) is 4.81. The minimum atomic E-state index is -3.82. The summed E-state index contributed by atoms with van der Waals surface area (Å²) in [6.45, 7) is 0.555. The number of rotatable bonds is 6. The standard InChI is InChI=1S/C16H17Cl2N3O3S/c1-21(9-11-5-6-12(17)7-15(11)18)10-16(22)20-13-3-2-4-14(8-13)25(19,23)24/h2-8H,9-10H2,1H3,(H,20,22)(H2,19,23,24). The summed E-state index contributed by atoms with van der Waals surface area (Å²) in [5, 5.41) is 8.79. The lowest BCUT2D eigenvalue weighted by Crippen LogP contribution is -2.30. The minimum absolute atomic E-state index is 0.0633. The molecule has 6 nitrogen and oxygen atoms in total. The van der Waals surface area contributed by atoms with Crippen LogP contribution in [0.4, 0.5) is 5.69 Å². The van der Waals surface area contributed by atoms with Crippen LogP contribution in [-0.2, 0) is 21.4 Å². The highest BCUT2D eigenvalue weighted by atomic mass is 35.5. The summed E-state index contributed by atoms with van der Waals surface area (Å²) in [5.41, 5.74) is 1.20. The number of hydrogen-bond acceptors (Lipinski definition) is 4. The Morgan fingerprint density at radius 2 is 1.92 bits per heavy atom. The highest BCUT2D eigenvalue weighted by Gasteiger charge is 2.12. The number of nitrogens with zero attached hydrogens (tertiary/aromatic N) is 1. The number of sulfonamides is 1. The van der Waals surface area contributed by atoms with E-state index in [4.69, 9.17) is 28.3 Å². The van der Waals surface area contributed by atoms with Gasteiger partial charge in [-0.05, 0) is 42.9 Å². The maximum atomic E-state index is 12.1. The molecule has 0 aliphatic carbocycles. The van der Waals surface area contributed by atoms with Crippen LogP contribution in [0, 0.1) is 0 Å². The molecule has 0 aliphatic heterocycles. The Morgan fingerprint density at radius 3 is 2.56 bits per heavy atom. The smallest absolute Gasteiger partial charge is 0.238 e. The van der Waals surface area contributed by atoms with E-state index in [1.165, 1.54) is 18.2 Å². The van der Waals surface area contributed by atoms with Crippen molar-refractivity contribution in [2.45, 2.75) is 11.4 Å². The third-order valence-electron chi connectivity index (χ3n) is 3.32. The number of nitrogens with two attached hydrogens (primary N) is 1. The van der Waals surface area contributed by atoms with Crippen molar-refractivity contribution < 1.29 is 13.2 Å². The van der Waals surface area contributed by atoms with Crippen molar-refractivity contribution in [3.63, 3.8) is 0 Å². The third kappa shape index (κ3) is 5.98. The molecule has 2 aromatic rings. The molecule has 0 atom stereocenters. The number of likely N-dealkylation sites (N-methyl/N-ethyl adjacent to an activating group) is 1. The SMILES string of the molecule is CN(CC(=O)Nc1cccc(S(N)(=O)=O)c1)Cc1ccc(Cl)cc1Cl. The predicted octanol–water partition coefficient (Wildman–Crippen LogP) is 2.71. The first-order valence-electron chi connectivity index (χ1n) is 7.20. The van der Waals surface area contributed by atoms with E-state index in [9.17, 15) is 13.2 Å². The van der Waals surface area contributed by atoms with Crippen molar-refractivity contribution >= 4 is 44.8 Å². The number of anilines is 1. The molecule has 2 rings (SSSR count). The molecule has 9 heteroatoms. The van der Waals surface area contributed by atoms with Gasteiger partial charge in [-0.3, -0.25) is 9.69 Å². The summed E-state index contributed by atoms with van der Waals surface area (Å²) in [4.78, 5) is 13.8. The van der Waals surface area contributed by atoms with E-state index in [2.05, 4.69) is 5.32 Å². The molecule has 0 aliphatic rings. The van der Waals surface area contributed by atoms with Gasteiger partial charge in [-0.25, -0.2) is 13.6 Å². The Bertz CT molecular complexity index is 888. The average Bonchev–Trinajstić information content (AvgIpc) is 2.49. The number of hydrogen-bond donors (Lipinski definition) is 2. The van der Waals surface area contributed by atoms with Crippen molar-refractivity contribution in [3.8, 4) is 0 Å². The first-order valence-corrected chi connectivity index (χ1v) is 9.50. The van der Waals surface area contributed by atoms with Crippen molar-refractivity contribution in [2.75, 3.05) is 18.9 Å². The predicted molar refractivity (Wildman–Crippen MR) is 99.2 cm³/mol. The van der Waals surface area contributed by atoms with Crippen LogP contribution in [0.2, 0.25) is 10.0 Å². The van der Waals surface area contributed by atoms with Crippen LogP contribution in [-0.4, -0.2) is 32.8 Å². The van der Waals surface area contributed by atoms with Gasteiger partial charge in [0.2, 0.25) is 15.9 Å². The van der Waals surface area contributed by atoms with Crippen LogP contribution in [0.1, 0.15) is 5.56 Å². The van der Waals surface area contributed by atoms with Gasteiger partial charge in [-0.1, -0.05) is 35.3 Å². The summed E-state index contributed by atoms with van der Waals surface area (Å²) in [7, 11) is -2.05. The second-order valence-electron chi connectivity index (χ2n) is 5.53. The van der Waals surface area contributed by atoms with Gasteiger partial charge in [-0.2, -0.15) is 0 Å². The Balaban J connectivity index is 1.98. The van der Waals surface area contributed by atoms with Gasteiger partial charge in [0.25, 0.3) is 0 Å². The van der Waals surface area contributed by atoms with E-state index >= 15 is 0 Å². The van der Waals surface area contributed by atoms with E-state index in [0.717, 1.165) is 5.56 Å². The van der Waals surface area contributed by atoms with Crippen LogP contribution in [0.3, 0.4) is 0 Å². The fourth-order valence-electron chi connectivity index (χ4n) is 2.19. The Kier molecular flexibility index (Phi) is 6.42. The Morgan fingerprint density at radius 1 is 1.20 bits per heavy atom. The first-order chi connectivity index (χ1) is 11.6. The summed E-state index contributed by atoms with van der Waals surface area (Å²) in [5.74, 6) is -0.292. The molecule has 25 heavy (non-hydrogen) atoms. The zero-order chi connectivity index (χ0) is 18.6. The molecular formula is C16H17Cl2N3O3S. The van der Waals surface area contributed by atoms with Crippen LogP contribution in [0.15, 0.2) is 47.4 Å². The molecule has 0 saturated heterocycles. The van der Waals surface area contributed by atoms with Crippen LogP contribution in [0.25, 0.3) is 0 Å². The van der Waals surface area contributed by atoms with E-state index in [0.29, 0.717) is 22.3 Å². The van der Waals surface area contributed by atoms with Crippen molar-refractivity contribution in [1.29, 1.82) is 0 Å². The monoisotopic (exact) mass is 401 g/mol. The number of carbonyl (C=O) groups excluding carboxylic acids is 1. The number of carbonyl (C=O) groups is 1. The molecule has 0 radical (unpaired) electrons. The second kappa shape index (κ2) is 8.16. The number of benzene rings is 2. The zero-order valence-electron chi connectivity index (χ0n) is 13.4. The van der Waals surface area contributed by atoms with Gasteiger partial charge in [0, 0.05) is 22.3 Å². The fourth-order valence-corrected chi connectivity index (χ4v) is 3.22. The highest BCUT2D eigenvalue weighted by Crippen LogP contribution is 2.22. The first kappa shape index (κ1) is 19.7. The molecule has 1 amide bonds. The summed E-state index contributed by atoms with van der Waals surface area (Å²) < 4.78 is 22.7. The molecule has 0 fully saturated rings. The van der Waals surface area contributed by atoms with Crippen LogP contribution in [0.5, 0.6) is 0 Å². The molecule has 0 heterocycles. The van der Waals surface area contributed by atoms with Crippen molar-refractivity contribution in [3.05, 3.63) is 58.1 Å². The molecule has 0 bridgehead atoms. The molecule has 0 unspecified atom stereocenters. The second-order valence-corrected chi connectivity index (χ2v) is 7.93. The van der Waals surface area contributed by atoms with Gasteiger partial charge in [0.15, 0.2) is 0 Å². The van der Waals surface area contributed by atoms with Gasteiger partial charge < -0.3 is 5.32 Å². The highest BCUT2D eigenvalue weighted by molar-refractivity contribution is 7.89. The molecule has 0 saturated carbocycles. The normalized spacial score (nSPS) is 11.6. The molecule has 0 aromatic heterocycles. The average molecular weight is 402 g/mol. The maximum Gasteiger partial charge on any atom is 0.238 e. The quantitative estimate of drug-likeness (QED) is 0.777. The Labute approximate surface area is 156 Å². The molecular weight excluding hydrogens is 385 g/mol. The van der Waals surface area contributed by atoms with E-state index in [1.54, 1.807) is 36.2 Å². The molecule has 3 N–H and O–H groups in total. The maximum absolute atomic E-state index is 12.1. The molecule has 0 spiro atoms. The van der Waals surface area contributed by atoms with Gasteiger partial charge in [0.1, 0.15) is 0 Å². The summed E-state index contributed by atoms with van der Waals surface area (Å²) in [6.07, 6.45) is 0. The number of amides is 1. The van der Waals surface area contributed by atoms with Crippen molar-refractivity contribution in [2.24, 2.45) is 5.14 Å². The number of halogens is 2. The lowest BCUT2D eigenvalue weighted by molar-refractivity contribution is -0.117. The van der Waals surface area contributed by atoms with Gasteiger partial charge >= 0.3 is 0 Å². The fraction of sp³-hybridized carbons (Fsp3) is 0.188. The number of primary sulfonamides is 1.